The fourth-order valence-corrected chi connectivity index (χ4v) is 2.09. The topological polar surface area (TPSA) is 90.0 Å². The first-order valence-electron chi connectivity index (χ1n) is 8.71. The van der Waals surface area contributed by atoms with Gasteiger partial charge >= 0.3 is 0 Å². The number of carbonyl (C=O) groups excluding carboxylic acids is 4. The second-order valence-electron chi connectivity index (χ2n) is 6.53. The summed E-state index contributed by atoms with van der Waals surface area (Å²) in [5, 5.41) is 2.69. The van der Waals surface area contributed by atoms with Gasteiger partial charge in [0.25, 0.3) is 0 Å². The molecular weight excluding hydrogens is 343 g/mol. The number of nitrogens with one attached hydrogen (secondary N) is 1. The molecule has 0 fully saturated rings. The van der Waals surface area contributed by atoms with Gasteiger partial charge in [-0.25, -0.2) is 0 Å². The minimum absolute atomic E-state index is 0.0389. The van der Waals surface area contributed by atoms with Crippen LogP contribution < -0.4 is 5.32 Å². The molecule has 0 saturated carbocycles. The molecule has 140 valence electrons. The van der Waals surface area contributed by atoms with Crippen LogP contribution in [0.15, 0.2) is 0 Å². The maximum absolute atomic E-state index is 12.0. The lowest BCUT2D eigenvalue weighted by atomic mass is 10.0. The van der Waals surface area contributed by atoms with Crippen molar-refractivity contribution in [2.75, 3.05) is 26.2 Å². The van der Waals surface area contributed by atoms with Gasteiger partial charge in [-0.3, -0.25) is 24.1 Å². The molecule has 0 spiro atoms. The van der Waals surface area contributed by atoms with E-state index in [0.29, 0.717) is 28.8 Å². The molecule has 0 rings (SSSR count). The Bertz CT molecular complexity index is 496. The number of hydrogen-bond acceptors (Lipinski definition) is 5. The van der Waals surface area contributed by atoms with Gasteiger partial charge in [-0.15, -0.1) is 0 Å². The molecule has 0 aliphatic carbocycles. The molecule has 0 atom stereocenters. The summed E-state index contributed by atoms with van der Waals surface area (Å²) >= 11 is 0. The van der Waals surface area contributed by atoms with Crippen LogP contribution >= 0.6 is 0 Å². The van der Waals surface area contributed by atoms with Crippen LogP contribution in [0.3, 0.4) is 0 Å². The van der Waals surface area contributed by atoms with Gasteiger partial charge in [-0.2, -0.15) is 0 Å². The zero-order valence-electron chi connectivity index (χ0n) is 16.0. The molecule has 0 aromatic heterocycles. The number of ketones is 1. The Kier molecular flexibility index (Phi) is 12.6. The van der Waals surface area contributed by atoms with E-state index in [-0.39, 0.29) is 37.2 Å². The summed E-state index contributed by atoms with van der Waals surface area (Å²) < 4.78 is 0.743. The van der Waals surface area contributed by atoms with E-state index < -0.39 is 11.8 Å². The monoisotopic (exact) mass is 368 g/mol. The first-order chi connectivity index (χ1) is 12.5. The average molecular weight is 368 g/mol. The molecule has 0 unspecified atom stereocenters. The second-order valence-corrected chi connectivity index (χ2v) is 6.53. The SMILES string of the molecule is [B]N([B])C(=O)CN(CC(=O)NCCCCCC(=O)C(C)C)CC(=O)N([B])[B]. The van der Waals surface area contributed by atoms with Crippen molar-refractivity contribution in [3.63, 3.8) is 0 Å². The fraction of sp³-hybridized carbons (Fsp3) is 0.733. The summed E-state index contributed by atoms with van der Waals surface area (Å²) in [5.74, 6) is -1.49. The van der Waals surface area contributed by atoms with E-state index in [1.54, 1.807) is 0 Å². The van der Waals surface area contributed by atoms with Crippen molar-refractivity contribution in [2.45, 2.75) is 39.5 Å². The summed E-state index contributed by atoms with van der Waals surface area (Å²) in [4.78, 5) is 47.9. The van der Waals surface area contributed by atoms with Gasteiger partial charge in [-0.05, 0) is 12.8 Å². The molecule has 0 aromatic rings. The minimum atomic E-state index is -0.689. The first kappa shape index (κ1) is 25.3. The third kappa shape index (κ3) is 12.3. The van der Waals surface area contributed by atoms with Crippen molar-refractivity contribution in [2.24, 2.45) is 5.92 Å². The molecule has 3 amide bonds. The number of nitrogens with zero attached hydrogens (tertiary/aromatic N) is 3. The lowest BCUT2D eigenvalue weighted by molar-refractivity contribution is -0.129. The van der Waals surface area contributed by atoms with Crippen molar-refractivity contribution in [1.82, 2.24) is 19.7 Å². The summed E-state index contributed by atoms with van der Waals surface area (Å²) in [6, 6.07) is 0. The molecule has 0 aliphatic rings. The number of Topliss-reactive ketones (excluding diaryl/α,β-unsaturated/α-hetero) is 1. The van der Waals surface area contributed by atoms with Crippen LogP contribution in [0, 0.1) is 5.92 Å². The van der Waals surface area contributed by atoms with Gasteiger partial charge in [0.05, 0.1) is 19.6 Å². The van der Waals surface area contributed by atoms with E-state index in [1.165, 1.54) is 4.90 Å². The number of amides is 3. The highest BCUT2D eigenvalue weighted by Crippen LogP contribution is 2.05. The number of unbranched alkanes of at least 4 members (excludes halogenated alkanes) is 2. The summed E-state index contributed by atoms with van der Waals surface area (Å²) in [5.41, 5.74) is 0. The minimum Gasteiger partial charge on any atom is -0.448 e. The molecular formula is C15H24B4N4O4. The predicted octanol–water partition coefficient (Wildman–Crippen LogP) is -1.82. The third-order valence-electron chi connectivity index (χ3n) is 3.73. The van der Waals surface area contributed by atoms with E-state index in [1.807, 2.05) is 13.8 Å². The predicted molar refractivity (Wildman–Crippen MR) is 104 cm³/mol. The molecule has 8 nitrogen and oxygen atoms in total. The largest absolute Gasteiger partial charge is 0.448 e. The van der Waals surface area contributed by atoms with E-state index in [0.717, 1.165) is 12.8 Å². The van der Waals surface area contributed by atoms with E-state index >= 15 is 0 Å². The average Bonchev–Trinajstić information content (AvgIpc) is 2.56. The van der Waals surface area contributed by atoms with Crippen molar-refractivity contribution >= 4 is 55.4 Å². The number of rotatable bonds is 13. The van der Waals surface area contributed by atoms with Crippen molar-refractivity contribution in [1.29, 1.82) is 0 Å². The molecule has 0 aliphatic heterocycles. The molecule has 8 radical (unpaired) electrons. The van der Waals surface area contributed by atoms with Crippen LogP contribution in [-0.4, -0.2) is 96.0 Å². The molecule has 0 heterocycles. The van der Waals surface area contributed by atoms with Gasteiger partial charge in [0.15, 0.2) is 0 Å². The Morgan fingerprint density at radius 3 is 1.78 bits per heavy atom. The van der Waals surface area contributed by atoms with E-state index in [4.69, 9.17) is 31.9 Å². The molecule has 0 aromatic carbocycles. The zero-order valence-corrected chi connectivity index (χ0v) is 16.0. The third-order valence-corrected chi connectivity index (χ3v) is 3.73. The van der Waals surface area contributed by atoms with Crippen LogP contribution in [0.1, 0.15) is 39.5 Å². The normalized spacial score (nSPS) is 10.7. The summed E-state index contributed by atoms with van der Waals surface area (Å²) in [6.07, 6.45) is 2.83. The Hall–Kier alpha value is -1.70. The van der Waals surface area contributed by atoms with Gasteiger partial charge in [0, 0.05) is 18.9 Å². The Morgan fingerprint density at radius 2 is 1.33 bits per heavy atom. The second kappa shape index (κ2) is 13.5. The quantitative estimate of drug-likeness (QED) is 0.306. The van der Waals surface area contributed by atoms with Gasteiger partial charge in [-0.1, -0.05) is 20.3 Å². The van der Waals surface area contributed by atoms with Crippen LogP contribution in [0.2, 0.25) is 0 Å². The maximum atomic E-state index is 12.0. The first-order valence-corrected chi connectivity index (χ1v) is 8.71. The highest BCUT2D eigenvalue weighted by atomic mass is 16.2. The van der Waals surface area contributed by atoms with E-state index in [2.05, 4.69) is 5.32 Å². The Morgan fingerprint density at radius 1 is 0.815 bits per heavy atom. The Labute approximate surface area is 166 Å². The maximum Gasteiger partial charge on any atom is 0.234 e. The molecule has 0 bridgehead atoms. The standard InChI is InChI=1S/C15H24B4N4O4/c1-11(2)12(24)6-4-3-5-7-20-13(25)8-21(9-14(26)22(16)17)10-15(27)23(18)19/h11H,3-10H2,1-2H3,(H,20,25). The van der Waals surface area contributed by atoms with Crippen LogP contribution in [0.25, 0.3) is 0 Å². The summed E-state index contributed by atoms with van der Waals surface area (Å²) in [6.45, 7) is 3.23. The van der Waals surface area contributed by atoms with Crippen LogP contribution in [0.5, 0.6) is 0 Å². The molecule has 12 heteroatoms. The van der Waals surface area contributed by atoms with E-state index in [9.17, 15) is 19.2 Å². The molecule has 27 heavy (non-hydrogen) atoms. The lowest BCUT2D eigenvalue weighted by Crippen LogP contribution is -2.47. The van der Waals surface area contributed by atoms with Gasteiger partial charge < -0.3 is 14.8 Å². The van der Waals surface area contributed by atoms with Crippen LogP contribution in [-0.2, 0) is 19.2 Å². The van der Waals surface area contributed by atoms with Gasteiger partial charge in [0.1, 0.15) is 5.78 Å². The lowest BCUT2D eigenvalue weighted by Gasteiger charge is -2.24. The highest BCUT2D eigenvalue weighted by molar-refractivity contribution is 6.35. The van der Waals surface area contributed by atoms with Crippen molar-refractivity contribution in [3.8, 4) is 0 Å². The van der Waals surface area contributed by atoms with Crippen molar-refractivity contribution in [3.05, 3.63) is 0 Å². The highest BCUT2D eigenvalue weighted by Gasteiger charge is 2.18. The Balaban J connectivity index is 4.28. The summed E-state index contributed by atoms with van der Waals surface area (Å²) in [7, 11) is 20.6. The fourth-order valence-electron chi connectivity index (χ4n) is 2.09. The van der Waals surface area contributed by atoms with Crippen molar-refractivity contribution < 1.29 is 19.2 Å². The molecule has 0 saturated heterocycles. The number of hydrogen-bond donors (Lipinski definition) is 1. The molecule has 1 N–H and O–H groups in total. The van der Waals surface area contributed by atoms with Crippen LogP contribution in [0.4, 0.5) is 0 Å². The smallest absolute Gasteiger partial charge is 0.234 e. The zero-order chi connectivity index (χ0) is 21.0. The number of carbonyl (C=O) groups is 4. The van der Waals surface area contributed by atoms with Gasteiger partial charge in [0.2, 0.25) is 49.6 Å².